The number of anilines is 1. The van der Waals surface area contributed by atoms with Crippen LogP contribution in [0.25, 0.3) is 0 Å². The molecule has 0 amide bonds. The number of sulfonamides is 1. The van der Waals surface area contributed by atoms with Crippen molar-refractivity contribution >= 4 is 31.5 Å². The third-order valence-electron chi connectivity index (χ3n) is 2.89. The number of ether oxygens (including phenoxy) is 1. The summed E-state index contributed by atoms with van der Waals surface area (Å²) in [5.41, 5.74) is -0.821. The molecule has 0 aliphatic carbocycles. The molecule has 0 saturated heterocycles. The molecule has 0 saturated carbocycles. The first kappa shape index (κ1) is 17.4. The number of nitrogens with one attached hydrogen (secondary N) is 1. The predicted octanol–water partition coefficient (Wildman–Crippen LogP) is -0.261. The molecule has 128 valence electrons. The van der Waals surface area contributed by atoms with Gasteiger partial charge in [0.2, 0.25) is 10.0 Å². The first-order valence-electron chi connectivity index (χ1n) is 6.19. The Labute approximate surface area is 131 Å². The van der Waals surface area contributed by atoms with Crippen LogP contribution in [0.1, 0.15) is 6.92 Å². The number of benzene rings is 1. The Hall–Kier alpha value is -1.96. The number of nitro benzene ring substituents is 1. The first-order valence-corrected chi connectivity index (χ1v) is 9.31. The van der Waals surface area contributed by atoms with Crippen LogP contribution in [0.3, 0.4) is 0 Å². The molecule has 0 bridgehead atoms. The van der Waals surface area contributed by atoms with Gasteiger partial charge in [0.15, 0.2) is 17.7 Å². The second-order valence-electron chi connectivity index (χ2n) is 4.50. The number of primary sulfonamides is 1. The zero-order valence-corrected chi connectivity index (χ0v) is 13.4. The van der Waals surface area contributed by atoms with Gasteiger partial charge in [0.05, 0.1) is 15.6 Å². The van der Waals surface area contributed by atoms with Gasteiger partial charge in [0.1, 0.15) is 6.61 Å². The lowest BCUT2D eigenvalue weighted by Crippen LogP contribution is -2.36. The lowest BCUT2D eigenvalue weighted by molar-refractivity contribution is -0.384. The molecule has 1 aliphatic rings. The highest BCUT2D eigenvalue weighted by Crippen LogP contribution is 2.40. The number of nitrogens with zero attached hydrogens (tertiary/aromatic N) is 1. The van der Waals surface area contributed by atoms with E-state index in [1.54, 1.807) is 0 Å². The highest BCUT2D eigenvalue weighted by molar-refractivity contribution is 7.89. The monoisotopic (exact) mass is 367 g/mol. The number of hydrogen-bond donors (Lipinski definition) is 2. The van der Waals surface area contributed by atoms with Crippen molar-refractivity contribution in [2.45, 2.75) is 18.0 Å². The Balaban J connectivity index is 2.45. The fraction of sp³-hybridized carbons (Fsp3) is 0.400. The average Bonchev–Trinajstić information content (AvgIpc) is 2.44. The molecule has 0 spiro atoms. The van der Waals surface area contributed by atoms with Crippen LogP contribution in [0.15, 0.2) is 17.0 Å². The molecule has 0 unspecified atom stereocenters. The highest BCUT2D eigenvalue weighted by atomic mass is 32.2. The van der Waals surface area contributed by atoms with Gasteiger partial charge in [-0.3, -0.25) is 10.1 Å². The zero-order chi connectivity index (χ0) is 17.4. The SMILES string of the molecule is CCS(=O)(=O)O[C@@H]1COc2cc(S(N)(=O)=O)cc([N+](=O)[O-])c2N1. The molecule has 11 nitrogen and oxygen atoms in total. The summed E-state index contributed by atoms with van der Waals surface area (Å²) in [4.78, 5) is 9.77. The van der Waals surface area contributed by atoms with Gasteiger partial charge in [-0.2, -0.15) is 8.42 Å². The Kier molecular flexibility index (Phi) is 4.48. The van der Waals surface area contributed by atoms with Gasteiger partial charge in [0.25, 0.3) is 15.8 Å². The van der Waals surface area contributed by atoms with Crippen LogP contribution in [-0.2, 0) is 24.3 Å². The van der Waals surface area contributed by atoms with Crippen LogP contribution in [-0.4, -0.2) is 40.3 Å². The molecular weight excluding hydrogens is 354 g/mol. The summed E-state index contributed by atoms with van der Waals surface area (Å²) >= 11 is 0. The average molecular weight is 367 g/mol. The molecule has 23 heavy (non-hydrogen) atoms. The predicted molar refractivity (Wildman–Crippen MR) is 77.9 cm³/mol. The zero-order valence-electron chi connectivity index (χ0n) is 11.8. The van der Waals surface area contributed by atoms with Crippen LogP contribution < -0.4 is 15.2 Å². The Bertz CT molecular complexity index is 849. The molecule has 0 fully saturated rings. The van der Waals surface area contributed by atoms with Crippen LogP contribution >= 0.6 is 0 Å². The summed E-state index contributed by atoms with van der Waals surface area (Å²) in [5, 5.41) is 18.6. The number of nitro groups is 1. The van der Waals surface area contributed by atoms with Gasteiger partial charge in [-0.15, -0.1) is 0 Å². The molecule has 1 heterocycles. The third-order valence-corrected chi connectivity index (χ3v) is 5.02. The minimum absolute atomic E-state index is 0.142. The molecule has 0 radical (unpaired) electrons. The van der Waals surface area contributed by atoms with E-state index in [1.165, 1.54) is 6.92 Å². The van der Waals surface area contributed by atoms with E-state index in [0.29, 0.717) is 0 Å². The van der Waals surface area contributed by atoms with E-state index in [-0.39, 0.29) is 23.8 Å². The van der Waals surface area contributed by atoms with Crippen molar-refractivity contribution in [3.05, 3.63) is 22.2 Å². The fourth-order valence-corrected chi connectivity index (χ4v) is 2.95. The van der Waals surface area contributed by atoms with Crippen LogP contribution in [0.5, 0.6) is 5.75 Å². The number of hydrogen-bond acceptors (Lipinski definition) is 9. The number of fused-ring (bicyclic) bond motifs is 1. The van der Waals surface area contributed by atoms with Crippen molar-refractivity contribution in [2.24, 2.45) is 5.14 Å². The Morgan fingerprint density at radius 1 is 1.43 bits per heavy atom. The van der Waals surface area contributed by atoms with E-state index < -0.39 is 41.9 Å². The summed E-state index contributed by atoms with van der Waals surface area (Å²) in [5.74, 6) is -0.429. The normalized spacial score (nSPS) is 17.7. The molecule has 2 rings (SSSR count). The van der Waals surface area contributed by atoms with E-state index in [1.807, 2.05) is 0 Å². The second kappa shape index (κ2) is 5.92. The van der Waals surface area contributed by atoms with Gasteiger partial charge in [0, 0.05) is 12.1 Å². The van der Waals surface area contributed by atoms with Gasteiger partial charge in [-0.05, 0) is 6.92 Å². The second-order valence-corrected chi connectivity index (χ2v) is 7.95. The molecule has 1 aromatic rings. The minimum atomic E-state index is -4.18. The molecule has 1 aliphatic heterocycles. The van der Waals surface area contributed by atoms with Gasteiger partial charge >= 0.3 is 0 Å². The van der Waals surface area contributed by atoms with Crippen LogP contribution in [0, 0.1) is 10.1 Å². The minimum Gasteiger partial charge on any atom is -0.486 e. The topological polar surface area (TPSA) is 168 Å². The van der Waals surface area contributed by atoms with Crippen LogP contribution in [0.4, 0.5) is 11.4 Å². The van der Waals surface area contributed by atoms with Crippen molar-refractivity contribution in [2.75, 3.05) is 17.7 Å². The maximum absolute atomic E-state index is 11.4. The fourth-order valence-electron chi connectivity index (χ4n) is 1.81. The maximum atomic E-state index is 11.4. The number of nitrogens with two attached hydrogens (primary N) is 1. The summed E-state index contributed by atoms with van der Waals surface area (Å²) in [6.07, 6.45) is -1.17. The highest BCUT2D eigenvalue weighted by Gasteiger charge is 2.32. The summed E-state index contributed by atoms with van der Waals surface area (Å²) in [7, 11) is -7.99. The number of rotatable bonds is 5. The van der Waals surface area contributed by atoms with Gasteiger partial charge < -0.3 is 10.1 Å². The summed E-state index contributed by atoms with van der Waals surface area (Å²) < 4.78 is 55.6. The lowest BCUT2D eigenvalue weighted by atomic mass is 10.2. The molecule has 1 aromatic carbocycles. The van der Waals surface area contributed by atoms with Crippen molar-refractivity contribution in [3.8, 4) is 5.75 Å². The standard InChI is InChI=1S/C10H13N3O8S2/c1-2-22(16,17)21-9-5-20-8-4-6(23(11,18)19)3-7(13(14)15)10(8)12-9/h3-4,9,12H,2,5H2,1H3,(H2,11,18,19)/t9-/m1/s1. The van der Waals surface area contributed by atoms with E-state index >= 15 is 0 Å². The first-order chi connectivity index (χ1) is 10.5. The molecule has 0 aromatic heterocycles. The third kappa shape index (κ3) is 3.87. The quantitative estimate of drug-likeness (QED) is 0.404. The van der Waals surface area contributed by atoms with E-state index in [2.05, 4.69) is 5.32 Å². The van der Waals surface area contributed by atoms with Crippen molar-refractivity contribution in [3.63, 3.8) is 0 Å². The van der Waals surface area contributed by atoms with Crippen molar-refractivity contribution < 1.29 is 30.7 Å². The smallest absolute Gasteiger partial charge is 0.297 e. The summed E-state index contributed by atoms with van der Waals surface area (Å²) in [6, 6.07) is 1.76. The molecular formula is C10H13N3O8S2. The molecule has 3 N–H and O–H groups in total. The summed E-state index contributed by atoms with van der Waals surface area (Å²) in [6.45, 7) is 1.07. The molecule has 1 atom stereocenters. The largest absolute Gasteiger partial charge is 0.486 e. The maximum Gasteiger partial charge on any atom is 0.297 e. The van der Waals surface area contributed by atoms with Crippen molar-refractivity contribution in [1.82, 2.24) is 0 Å². The van der Waals surface area contributed by atoms with Gasteiger partial charge in [-0.25, -0.2) is 17.7 Å². The van der Waals surface area contributed by atoms with E-state index in [9.17, 15) is 26.9 Å². The Morgan fingerprint density at radius 2 is 2.09 bits per heavy atom. The van der Waals surface area contributed by atoms with E-state index in [0.717, 1.165) is 12.1 Å². The van der Waals surface area contributed by atoms with Crippen molar-refractivity contribution in [1.29, 1.82) is 0 Å². The van der Waals surface area contributed by atoms with E-state index in [4.69, 9.17) is 14.1 Å². The van der Waals surface area contributed by atoms with Gasteiger partial charge in [-0.1, -0.05) is 0 Å². The molecule has 13 heteroatoms. The Morgan fingerprint density at radius 3 is 2.61 bits per heavy atom. The lowest BCUT2D eigenvalue weighted by Gasteiger charge is -2.26. The van der Waals surface area contributed by atoms with Crippen LogP contribution in [0.2, 0.25) is 0 Å².